The highest BCUT2D eigenvalue weighted by molar-refractivity contribution is 5.87. The van der Waals surface area contributed by atoms with Gasteiger partial charge < -0.3 is 34.5 Å². The third-order valence-electron chi connectivity index (χ3n) is 4.46. The Bertz CT molecular complexity index is 630. The van der Waals surface area contributed by atoms with Crippen LogP contribution in [-0.4, -0.2) is 78.5 Å². The van der Waals surface area contributed by atoms with E-state index in [0.29, 0.717) is 0 Å². The smallest absolute Gasteiger partial charge is 0.373 e. The molecule has 0 aromatic carbocycles. The van der Waals surface area contributed by atoms with E-state index < -0.39 is 42.3 Å². The number of esters is 1. The molecule has 0 aromatic rings. The lowest BCUT2D eigenvalue weighted by Gasteiger charge is -2.42. The predicted molar refractivity (Wildman–Crippen MR) is 109 cm³/mol. The van der Waals surface area contributed by atoms with E-state index in [1.807, 2.05) is 13.8 Å². The molecule has 3 N–H and O–H groups in total. The second-order valence-corrected chi connectivity index (χ2v) is 7.69. The van der Waals surface area contributed by atoms with Gasteiger partial charge >= 0.3 is 5.97 Å². The quantitative estimate of drug-likeness (QED) is 0.326. The van der Waals surface area contributed by atoms with Crippen LogP contribution in [0.4, 0.5) is 0 Å². The monoisotopic (exact) mass is 429 g/mol. The van der Waals surface area contributed by atoms with Gasteiger partial charge in [0, 0.05) is 12.5 Å². The lowest BCUT2D eigenvalue weighted by Crippen LogP contribution is -2.61. The van der Waals surface area contributed by atoms with Gasteiger partial charge in [0.05, 0.1) is 32.0 Å². The number of carbonyl (C=O) groups excluding carboxylic acids is 2. The SMILES string of the molecule is C=CCC1=C(C(=O)OC)O[C@@H]([C@H](O)[C@@H](COC(C)C)OC(C)C)[C@H](NC(C)=O)[C@H]1O. The molecule has 1 rings (SSSR count). The third-order valence-corrected chi connectivity index (χ3v) is 4.46. The van der Waals surface area contributed by atoms with Crippen LogP contribution in [0, 0.1) is 0 Å². The molecule has 9 heteroatoms. The van der Waals surface area contributed by atoms with Gasteiger partial charge in [0.25, 0.3) is 0 Å². The highest BCUT2D eigenvalue weighted by Crippen LogP contribution is 2.31. The van der Waals surface area contributed by atoms with Crippen LogP contribution in [0.15, 0.2) is 24.0 Å². The van der Waals surface area contributed by atoms with Crippen molar-refractivity contribution in [3.8, 4) is 0 Å². The van der Waals surface area contributed by atoms with Gasteiger partial charge in [-0.1, -0.05) is 6.08 Å². The molecular formula is C21H35NO8. The molecule has 172 valence electrons. The molecule has 1 aliphatic rings. The van der Waals surface area contributed by atoms with Crippen molar-refractivity contribution >= 4 is 11.9 Å². The molecular weight excluding hydrogens is 394 g/mol. The Hall–Kier alpha value is -1.94. The number of hydrogen-bond acceptors (Lipinski definition) is 8. The van der Waals surface area contributed by atoms with E-state index in [-0.39, 0.29) is 36.6 Å². The van der Waals surface area contributed by atoms with Gasteiger partial charge in [-0.15, -0.1) is 6.58 Å². The van der Waals surface area contributed by atoms with Crippen molar-refractivity contribution in [2.45, 2.75) is 83.7 Å². The molecule has 0 unspecified atom stereocenters. The van der Waals surface area contributed by atoms with Gasteiger partial charge in [-0.05, 0) is 34.1 Å². The van der Waals surface area contributed by atoms with Crippen LogP contribution in [-0.2, 0) is 28.5 Å². The maximum Gasteiger partial charge on any atom is 0.373 e. The fourth-order valence-corrected chi connectivity index (χ4v) is 3.20. The molecule has 0 bridgehead atoms. The number of ether oxygens (including phenoxy) is 4. The summed E-state index contributed by atoms with van der Waals surface area (Å²) in [5.74, 6) is -1.45. The standard InChI is InChI=1S/C21H35NO8/c1-8-9-14-17(24)16(22-13(6)23)20(30-19(14)21(26)27-7)18(25)15(29-12(4)5)10-28-11(2)3/h8,11-12,15-18,20,24-25H,1,9-10H2,2-7H3,(H,22,23)/t15-,16-,17+,18-,20-/m1/s1. The van der Waals surface area contributed by atoms with E-state index in [0.717, 1.165) is 0 Å². The van der Waals surface area contributed by atoms with Crippen LogP contribution < -0.4 is 5.32 Å². The van der Waals surface area contributed by atoms with Crippen molar-refractivity contribution in [3.63, 3.8) is 0 Å². The first-order valence-electron chi connectivity index (χ1n) is 10.0. The van der Waals surface area contributed by atoms with Crippen LogP contribution in [0.1, 0.15) is 41.0 Å². The molecule has 1 aliphatic heterocycles. The van der Waals surface area contributed by atoms with Crippen LogP contribution in [0.25, 0.3) is 0 Å². The molecule has 0 aromatic heterocycles. The first-order valence-corrected chi connectivity index (χ1v) is 10.0. The topological polar surface area (TPSA) is 124 Å². The van der Waals surface area contributed by atoms with E-state index in [4.69, 9.17) is 18.9 Å². The summed E-state index contributed by atoms with van der Waals surface area (Å²) in [7, 11) is 1.18. The first kappa shape index (κ1) is 26.1. The van der Waals surface area contributed by atoms with Gasteiger partial charge in [-0.2, -0.15) is 0 Å². The molecule has 0 spiro atoms. The van der Waals surface area contributed by atoms with Crippen LogP contribution in [0.2, 0.25) is 0 Å². The number of nitrogens with one attached hydrogen (secondary N) is 1. The molecule has 0 saturated carbocycles. The summed E-state index contributed by atoms with van der Waals surface area (Å²) in [5, 5.41) is 24.6. The molecule has 0 saturated heterocycles. The summed E-state index contributed by atoms with van der Waals surface area (Å²) in [4.78, 5) is 24.1. The van der Waals surface area contributed by atoms with E-state index >= 15 is 0 Å². The average molecular weight is 430 g/mol. The minimum Gasteiger partial charge on any atom is -0.478 e. The van der Waals surface area contributed by atoms with E-state index in [2.05, 4.69) is 11.9 Å². The molecule has 5 atom stereocenters. The van der Waals surface area contributed by atoms with Gasteiger partial charge in [0.15, 0.2) is 6.10 Å². The van der Waals surface area contributed by atoms with E-state index in [1.54, 1.807) is 13.8 Å². The Balaban J connectivity index is 3.36. The molecule has 0 aliphatic carbocycles. The Morgan fingerprint density at radius 2 is 1.90 bits per heavy atom. The highest BCUT2D eigenvalue weighted by Gasteiger charge is 2.47. The zero-order chi connectivity index (χ0) is 23.0. The summed E-state index contributed by atoms with van der Waals surface area (Å²) < 4.78 is 22.0. The lowest BCUT2D eigenvalue weighted by atomic mass is 9.87. The van der Waals surface area contributed by atoms with E-state index in [1.165, 1.54) is 20.1 Å². The normalized spacial score (nSPS) is 23.7. The second-order valence-electron chi connectivity index (χ2n) is 7.69. The van der Waals surface area contributed by atoms with Crippen molar-refractivity contribution in [1.29, 1.82) is 0 Å². The number of amides is 1. The van der Waals surface area contributed by atoms with Gasteiger partial charge in [0.2, 0.25) is 11.7 Å². The minimum atomic E-state index is -1.33. The molecule has 0 radical (unpaired) electrons. The van der Waals surface area contributed by atoms with Gasteiger partial charge in [-0.25, -0.2) is 4.79 Å². The zero-order valence-electron chi connectivity index (χ0n) is 18.6. The number of allylic oxidation sites excluding steroid dienone is 1. The lowest BCUT2D eigenvalue weighted by molar-refractivity contribution is -0.168. The first-order chi connectivity index (χ1) is 14.0. The third kappa shape index (κ3) is 7.09. The van der Waals surface area contributed by atoms with Crippen molar-refractivity contribution < 1.29 is 38.7 Å². The summed E-state index contributed by atoms with van der Waals surface area (Å²) in [6, 6.07) is -1.03. The van der Waals surface area contributed by atoms with Crippen molar-refractivity contribution in [1.82, 2.24) is 5.32 Å². The fraction of sp³-hybridized carbons (Fsp3) is 0.714. The summed E-state index contributed by atoms with van der Waals surface area (Å²) in [6.07, 6.45) is -3.38. The maximum absolute atomic E-state index is 12.3. The van der Waals surface area contributed by atoms with Crippen LogP contribution >= 0.6 is 0 Å². The Morgan fingerprint density at radius 1 is 1.27 bits per heavy atom. The van der Waals surface area contributed by atoms with Gasteiger partial charge in [-0.3, -0.25) is 4.79 Å². The molecule has 30 heavy (non-hydrogen) atoms. The summed E-state index contributed by atoms with van der Waals surface area (Å²) in [5.41, 5.74) is 0.207. The molecule has 0 fully saturated rings. The van der Waals surface area contributed by atoms with Crippen molar-refractivity contribution in [3.05, 3.63) is 24.0 Å². The van der Waals surface area contributed by atoms with Gasteiger partial charge in [0.1, 0.15) is 18.3 Å². The Morgan fingerprint density at radius 3 is 2.37 bits per heavy atom. The number of hydrogen-bond donors (Lipinski definition) is 3. The van der Waals surface area contributed by atoms with Crippen molar-refractivity contribution in [2.75, 3.05) is 13.7 Å². The predicted octanol–water partition coefficient (Wildman–Crippen LogP) is 0.834. The number of rotatable bonds is 11. The van der Waals surface area contributed by atoms with Crippen molar-refractivity contribution in [2.24, 2.45) is 0 Å². The number of aliphatic hydroxyl groups excluding tert-OH is 2. The number of carbonyl (C=O) groups is 2. The Kier molecular flexibility index (Phi) is 10.5. The zero-order valence-corrected chi connectivity index (χ0v) is 18.6. The van der Waals surface area contributed by atoms with E-state index in [9.17, 15) is 19.8 Å². The largest absolute Gasteiger partial charge is 0.478 e. The average Bonchev–Trinajstić information content (AvgIpc) is 2.66. The molecule has 1 heterocycles. The Labute approximate surface area is 178 Å². The highest BCUT2D eigenvalue weighted by atomic mass is 16.6. The summed E-state index contributed by atoms with van der Waals surface area (Å²) >= 11 is 0. The van der Waals surface area contributed by atoms with Crippen LogP contribution in [0.3, 0.4) is 0 Å². The number of aliphatic hydroxyl groups is 2. The molecule has 1 amide bonds. The second kappa shape index (κ2) is 12.0. The fourth-order valence-electron chi connectivity index (χ4n) is 3.20. The minimum absolute atomic E-state index is 0.0521. The maximum atomic E-state index is 12.3. The number of methoxy groups -OCH3 is 1. The summed E-state index contributed by atoms with van der Waals surface area (Å²) in [6.45, 7) is 12.3. The van der Waals surface area contributed by atoms with Crippen LogP contribution in [0.5, 0.6) is 0 Å². The molecule has 9 nitrogen and oxygen atoms in total.